The zero-order valence-electron chi connectivity index (χ0n) is 9.27. The fraction of sp³-hybridized carbons (Fsp3) is 0.889. The monoisotopic (exact) mass is 231 g/mol. The van der Waals surface area contributed by atoms with Gasteiger partial charge < -0.3 is 5.32 Å². The summed E-state index contributed by atoms with van der Waals surface area (Å²) in [5, 5.41) is 10.9. The van der Waals surface area contributed by atoms with E-state index in [1.54, 1.807) is 6.07 Å². The molecule has 6 heteroatoms. The van der Waals surface area contributed by atoms with Gasteiger partial charge in [0.25, 0.3) is 0 Å². The van der Waals surface area contributed by atoms with E-state index >= 15 is 0 Å². The second kappa shape index (κ2) is 4.47. The summed E-state index contributed by atoms with van der Waals surface area (Å²) in [6.45, 7) is 6.41. The molecule has 1 heterocycles. The summed E-state index contributed by atoms with van der Waals surface area (Å²) in [7, 11) is -3.48. The zero-order valence-corrected chi connectivity index (χ0v) is 10.1. The van der Waals surface area contributed by atoms with Crippen molar-refractivity contribution < 1.29 is 8.42 Å². The van der Waals surface area contributed by atoms with Crippen LogP contribution in [0.5, 0.6) is 0 Å². The van der Waals surface area contributed by atoms with E-state index in [1.807, 2.05) is 13.8 Å². The predicted octanol–water partition coefficient (Wildman–Crippen LogP) is -0.0895. The maximum atomic E-state index is 12.0. The standard InChI is InChI=1S/C9H17N3O2S/c1-7-5-11-6-8(2)12(7)15(13,14)9(3)4-10/h7-9,11H,5-6H2,1-3H3. The molecule has 0 aromatic heterocycles. The Kier molecular flexibility index (Phi) is 3.71. The fourth-order valence-electron chi connectivity index (χ4n) is 1.87. The van der Waals surface area contributed by atoms with E-state index < -0.39 is 15.3 Å². The zero-order chi connectivity index (χ0) is 11.6. The van der Waals surface area contributed by atoms with E-state index in [0.29, 0.717) is 13.1 Å². The van der Waals surface area contributed by atoms with Gasteiger partial charge in [0, 0.05) is 25.2 Å². The van der Waals surface area contributed by atoms with E-state index in [4.69, 9.17) is 5.26 Å². The van der Waals surface area contributed by atoms with Gasteiger partial charge in [-0.25, -0.2) is 8.42 Å². The third-order valence-corrected chi connectivity index (χ3v) is 4.98. The molecule has 0 radical (unpaired) electrons. The molecule has 3 unspecified atom stereocenters. The van der Waals surface area contributed by atoms with Crippen molar-refractivity contribution in [1.82, 2.24) is 9.62 Å². The first-order chi connectivity index (χ1) is 6.91. The topological polar surface area (TPSA) is 73.2 Å². The van der Waals surface area contributed by atoms with Gasteiger partial charge in [-0.3, -0.25) is 0 Å². The molecule has 1 aliphatic heterocycles. The predicted molar refractivity (Wildman–Crippen MR) is 57.6 cm³/mol. The highest BCUT2D eigenvalue weighted by molar-refractivity contribution is 7.90. The smallest absolute Gasteiger partial charge is 0.230 e. The molecule has 15 heavy (non-hydrogen) atoms. The summed E-state index contributed by atoms with van der Waals surface area (Å²) in [5.41, 5.74) is 0. The SMILES string of the molecule is CC1CNCC(C)N1S(=O)(=O)C(C)C#N. The lowest BCUT2D eigenvalue weighted by molar-refractivity contribution is 0.219. The Labute approximate surface area is 91.1 Å². The number of piperazine rings is 1. The maximum Gasteiger partial charge on any atom is 0.230 e. The van der Waals surface area contributed by atoms with Crippen LogP contribution in [0.15, 0.2) is 0 Å². The highest BCUT2D eigenvalue weighted by atomic mass is 32.2. The summed E-state index contributed by atoms with van der Waals surface area (Å²) in [6, 6.07) is 1.62. The summed E-state index contributed by atoms with van der Waals surface area (Å²) < 4.78 is 25.5. The molecule has 5 nitrogen and oxygen atoms in total. The molecule has 86 valence electrons. The van der Waals surface area contributed by atoms with Gasteiger partial charge in [-0.05, 0) is 20.8 Å². The minimum atomic E-state index is -3.48. The quantitative estimate of drug-likeness (QED) is 0.721. The Morgan fingerprint density at radius 2 is 1.87 bits per heavy atom. The van der Waals surface area contributed by atoms with Crippen LogP contribution in [-0.4, -0.2) is 43.1 Å². The van der Waals surface area contributed by atoms with E-state index in [2.05, 4.69) is 5.32 Å². The summed E-state index contributed by atoms with van der Waals surface area (Å²) in [6.07, 6.45) is 0. The number of nitrogens with one attached hydrogen (secondary N) is 1. The Balaban J connectivity index is 2.99. The molecular formula is C9H17N3O2S. The largest absolute Gasteiger partial charge is 0.314 e. The average molecular weight is 231 g/mol. The third-order valence-electron chi connectivity index (χ3n) is 2.67. The van der Waals surface area contributed by atoms with E-state index in [9.17, 15) is 8.42 Å². The first kappa shape index (κ1) is 12.4. The van der Waals surface area contributed by atoms with Gasteiger partial charge in [0.1, 0.15) is 0 Å². The molecule has 1 N–H and O–H groups in total. The Morgan fingerprint density at radius 1 is 1.40 bits per heavy atom. The number of rotatable bonds is 2. The van der Waals surface area contributed by atoms with Crippen molar-refractivity contribution in [2.24, 2.45) is 0 Å². The van der Waals surface area contributed by atoms with E-state index in [0.717, 1.165) is 0 Å². The summed E-state index contributed by atoms with van der Waals surface area (Å²) in [4.78, 5) is 0. The van der Waals surface area contributed by atoms with Crippen LogP contribution in [0.2, 0.25) is 0 Å². The van der Waals surface area contributed by atoms with Crippen LogP contribution < -0.4 is 5.32 Å². The molecule has 0 saturated carbocycles. The number of hydrogen-bond acceptors (Lipinski definition) is 4. The molecule has 0 bridgehead atoms. The van der Waals surface area contributed by atoms with Gasteiger partial charge >= 0.3 is 0 Å². The number of hydrogen-bond donors (Lipinski definition) is 1. The van der Waals surface area contributed by atoms with Gasteiger partial charge in [-0.15, -0.1) is 0 Å². The molecule has 0 amide bonds. The second-order valence-corrected chi connectivity index (χ2v) is 6.16. The van der Waals surface area contributed by atoms with Crippen LogP contribution in [0.3, 0.4) is 0 Å². The van der Waals surface area contributed by atoms with Crippen molar-refractivity contribution in [1.29, 1.82) is 5.26 Å². The lowest BCUT2D eigenvalue weighted by atomic mass is 10.2. The number of nitrogens with zero attached hydrogens (tertiary/aromatic N) is 2. The summed E-state index contributed by atoms with van der Waals surface area (Å²) >= 11 is 0. The molecule has 0 aliphatic carbocycles. The van der Waals surface area contributed by atoms with Crippen LogP contribution in [0.25, 0.3) is 0 Å². The molecule has 1 saturated heterocycles. The normalized spacial score (nSPS) is 30.8. The van der Waals surface area contributed by atoms with Crippen molar-refractivity contribution in [2.75, 3.05) is 13.1 Å². The fourth-order valence-corrected chi connectivity index (χ4v) is 3.52. The first-order valence-corrected chi connectivity index (χ1v) is 6.54. The minimum Gasteiger partial charge on any atom is -0.314 e. The van der Waals surface area contributed by atoms with Crippen LogP contribution in [0, 0.1) is 11.3 Å². The lowest BCUT2D eigenvalue weighted by Crippen LogP contribution is -2.58. The molecule has 1 fully saturated rings. The third kappa shape index (κ3) is 2.30. The second-order valence-electron chi connectivity index (χ2n) is 4.00. The van der Waals surface area contributed by atoms with Gasteiger partial charge in [0.05, 0.1) is 6.07 Å². The molecule has 1 aliphatic rings. The van der Waals surface area contributed by atoms with Crippen molar-refractivity contribution in [3.8, 4) is 6.07 Å². The molecule has 0 spiro atoms. The van der Waals surface area contributed by atoms with Crippen LogP contribution in [-0.2, 0) is 10.0 Å². The van der Waals surface area contributed by atoms with Crippen molar-refractivity contribution >= 4 is 10.0 Å². The molecular weight excluding hydrogens is 214 g/mol. The number of sulfonamides is 1. The van der Waals surface area contributed by atoms with Gasteiger partial charge in [0.2, 0.25) is 10.0 Å². The Morgan fingerprint density at radius 3 is 2.27 bits per heavy atom. The van der Waals surface area contributed by atoms with E-state index in [-0.39, 0.29) is 12.1 Å². The molecule has 0 aromatic rings. The van der Waals surface area contributed by atoms with Gasteiger partial charge in [-0.1, -0.05) is 0 Å². The maximum absolute atomic E-state index is 12.0. The highest BCUT2D eigenvalue weighted by Crippen LogP contribution is 2.18. The number of nitriles is 1. The van der Waals surface area contributed by atoms with Crippen molar-refractivity contribution in [3.05, 3.63) is 0 Å². The van der Waals surface area contributed by atoms with Crippen molar-refractivity contribution in [3.63, 3.8) is 0 Å². The lowest BCUT2D eigenvalue weighted by Gasteiger charge is -2.38. The van der Waals surface area contributed by atoms with Gasteiger partial charge in [-0.2, -0.15) is 9.57 Å². The van der Waals surface area contributed by atoms with Gasteiger partial charge in [0.15, 0.2) is 5.25 Å². The van der Waals surface area contributed by atoms with Crippen molar-refractivity contribution in [2.45, 2.75) is 38.1 Å². The molecule has 0 aromatic carbocycles. The van der Waals surface area contributed by atoms with Crippen LogP contribution in [0.1, 0.15) is 20.8 Å². The molecule has 1 rings (SSSR count). The van der Waals surface area contributed by atoms with Crippen LogP contribution >= 0.6 is 0 Å². The molecule has 3 atom stereocenters. The van der Waals surface area contributed by atoms with Crippen LogP contribution in [0.4, 0.5) is 0 Å². The Bertz CT molecular complexity index is 350. The average Bonchev–Trinajstić information content (AvgIpc) is 2.15. The first-order valence-electron chi connectivity index (χ1n) is 5.04. The summed E-state index contributed by atoms with van der Waals surface area (Å²) in [5.74, 6) is 0. The Hall–Kier alpha value is -0.640. The highest BCUT2D eigenvalue weighted by Gasteiger charge is 2.37. The minimum absolute atomic E-state index is 0.0884. The van der Waals surface area contributed by atoms with E-state index in [1.165, 1.54) is 11.2 Å².